The van der Waals surface area contributed by atoms with Gasteiger partial charge in [-0.1, -0.05) is 76.2 Å². The minimum absolute atomic E-state index is 0.136. The summed E-state index contributed by atoms with van der Waals surface area (Å²) in [6.07, 6.45) is 7.94. The van der Waals surface area contributed by atoms with E-state index in [4.69, 9.17) is 0 Å². The van der Waals surface area contributed by atoms with Gasteiger partial charge in [0.25, 0.3) is 0 Å². The number of likely N-dealkylation sites (N-methyl/N-ethyl adjacent to an activating group) is 2. The number of nitrogens with zero attached hydrogens (tertiary/aromatic N) is 3. The summed E-state index contributed by atoms with van der Waals surface area (Å²) in [5, 5.41) is 0. The van der Waals surface area contributed by atoms with E-state index in [2.05, 4.69) is 54.0 Å². The van der Waals surface area contributed by atoms with Crippen LogP contribution in [0.4, 0.5) is 24.5 Å². The zero-order valence-electron chi connectivity index (χ0n) is 24.0. The molecule has 0 N–H and O–H groups in total. The van der Waals surface area contributed by atoms with Crippen molar-refractivity contribution in [2.45, 2.75) is 56.9 Å². The van der Waals surface area contributed by atoms with Crippen LogP contribution in [0.5, 0.6) is 0 Å². The van der Waals surface area contributed by atoms with Crippen molar-refractivity contribution in [2.24, 2.45) is 4.40 Å². The van der Waals surface area contributed by atoms with E-state index in [9.17, 15) is 21.6 Å². The fraction of sp³-hybridized carbons (Fsp3) is 0.344. The minimum atomic E-state index is -5.73. The van der Waals surface area contributed by atoms with Gasteiger partial charge in [0.2, 0.25) is 0 Å². The molecule has 216 valence electrons. The quantitative estimate of drug-likeness (QED) is 0.376. The molecule has 9 heteroatoms. The highest BCUT2D eigenvalue weighted by molar-refractivity contribution is 7.91. The molecule has 41 heavy (non-hydrogen) atoms. The van der Waals surface area contributed by atoms with Crippen LogP contribution in [0.15, 0.2) is 99.8 Å². The molecule has 1 aliphatic carbocycles. The first-order chi connectivity index (χ1) is 19.1. The van der Waals surface area contributed by atoms with Crippen LogP contribution < -0.4 is 9.80 Å². The standard InChI is InChI=1S/C32H34F3N3O2S/c1-30(2)23-11-7-9-13-25(23)37(5)27(30)19-17-21-15-16-22(29(21)36-41(39,40)32(33,34)35)18-20-28-31(3,4)24-12-8-10-14-26(24)38(28)6/h7-14,17-20H,15-16H2,1-6H3/b21-17-,22-18+,27-19-,28-20+,36-29?. The number of hydrogen-bond donors (Lipinski definition) is 0. The van der Waals surface area contributed by atoms with Crippen LogP contribution in [-0.4, -0.2) is 33.7 Å². The Labute approximate surface area is 240 Å². The third-order valence-electron chi connectivity index (χ3n) is 8.54. The van der Waals surface area contributed by atoms with Crippen LogP contribution in [0.3, 0.4) is 0 Å². The second-order valence-corrected chi connectivity index (χ2v) is 13.3. The Morgan fingerprint density at radius 1 is 0.732 bits per heavy atom. The van der Waals surface area contributed by atoms with Crippen LogP contribution in [0, 0.1) is 0 Å². The number of hydrogen-bond acceptors (Lipinski definition) is 4. The van der Waals surface area contributed by atoms with Crippen LogP contribution in [0.25, 0.3) is 0 Å². The predicted octanol–water partition coefficient (Wildman–Crippen LogP) is 7.55. The van der Waals surface area contributed by atoms with Gasteiger partial charge in [0.1, 0.15) is 0 Å². The van der Waals surface area contributed by atoms with Gasteiger partial charge in [0.05, 0.1) is 5.71 Å². The number of anilines is 2. The molecule has 0 bridgehead atoms. The van der Waals surface area contributed by atoms with Crippen molar-refractivity contribution in [3.05, 3.63) is 107 Å². The first-order valence-corrected chi connectivity index (χ1v) is 14.9. The van der Waals surface area contributed by atoms with Crippen molar-refractivity contribution >= 4 is 27.1 Å². The molecule has 0 saturated heterocycles. The van der Waals surface area contributed by atoms with E-state index < -0.39 is 15.5 Å². The SMILES string of the molecule is CN1/C(=C\C=C2\CC/C(=C\C=C3\N(C)c4ccccc4C3(C)C)C2=NS(=O)(=O)C(F)(F)F)C(C)(C)c2ccccc21. The summed E-state index contributed by atoms with van der Waals surface area (Å²) in [4.78, 5) is 4.11. The molecule has 1 saturated carbocycles. The van der Waals surface area contributed by atoms with Gasteiger partial charge in [0, 0.05) is 47.7 Å². The van der Waals surface area contributed by atoms with Crippen LogP contribution in [-0.2, 0) is 20.9 Å². The number of para-hydroxylation sites is 2. The molecule has 0 spiro atoms. The number of sulfonamides is 1. The molecule has 2 aromatic rings. The number of allylic oxidation sites excluding steroid dienone is 8. The normalized spacial score (nSPS) is 24.8. The molecule has 0 amide bonds. The summed E-state index contributed by atoms with van der Waals surface area (Å²) < 4.78 is 68.1. The van der Waals surface area contributed by atoms with Gasteiger partial charge in [-0.05, 0) is 59.4 Å². The zero-order chi connectivity index (χ0) is 30.0. The molecule has 3 aliphatic rings. The molecular weight excluding hydrogens is 547 g/mol. The van der Waals surface area contributed by atoms with Gasteiger partial charge in [0.15, 0.2) is 0 Å². The van der Waals surface area contributed by atoms with Crippen molar-refractivity contribution in [3.8, 4) is 0 Å². The van der Waals surface area contributed by atoms with Crippen LogP contribution in [0.2, 0.25) is 0 Å². The average Bonchev–Trinajstić information content (AvgIpc) is 3.43. The van der Waals surface area contributed by atoms with Gasteiger partial charge in [-0.3, -0.25) is 0 Å². The fourth-order valence-electron chi connectivity index (χ4n) is 6.29. The van der Waals surface area contributed by atoms with Gasteiger partial charge in [-0.15, -0.1) is 0 Å². The third kappa shape index (κ3) is 4.74. The average molecular weight is 582 g/mol. The summed E-state index contributed by atoms with van der Waals surface area (Å²) >= 11 is 0. The van der Waals surface area contributed by atoms with Crippen molar-refractivity contribution < 1.29 is 21.6 Å². The molecule has 1 fully saturated rings. The lowest BCUT2D eigenvalue weighted by Gasteiger charge is -2.24. The van der Waals surface area contributed by atoms with Gasteiger partial charge in [-0.2, -0.15) is 26.0 Å². The predicted molar refractivity (Wildman–Crippen MR) is 160 cm³/mol. The summed E-state index contributed by atoms with van der Waals surface area (Å²) in [6.45, 7) is 8.36. The van der Waals surface area contributed by atoms with Crippen molar-refractivity contribution in [1.82, 2.24) is 0 Å². The van der Waals surface area contributed by atoms with E-state index >= 15 is 0 Å². The van der Waals surface area contributed by atoms with E-state index in [0.717, 1.165) is 33.9 Å². The molecule has 0 unspecified atom stereocenters. The molecular formula is C32H34F3N3O2S. The monoisotopic (exact) mass is 581 g/mol. The zero-order valence-corrected chi connectivity index (χ0v) is 24.9. The first kappa shape index (κ1) is 28.9. The van der Waals surface area contributed by atoms with Gasteiger partial charge >= 0.3 is 15.5 Å². The molecule has 5 nitrogen and oxygen atoms in total. The molecule has 5 rings (SSSR count). The molecule has 0 aromatic heterocycles. The maximum Gasteiger partial charge on any atom is 0.518 e. The lowest BCUT2D eigenvalue weighted by molar-refractivity contribution is -0.0435. The maximum absolute atomic E-state index is 13.4. The largest absolute Gasteiger partial charge is 0.518 e. The molecule has 0 radical (unpaired) electrons. The van der Waals surface area contributed by atoms with E-state index in [1.165, 1.54) is 0 Å². The fourth-order valence-corrected chi connectivity index (χ4v) is 6.87. The van der Waals surface area contributed by atoms with E-state index in [-0.39, 0.29) is 16.5 Å². The Hall–Kier alpha value is -3.59. The second kappa shape index (κ2) is 9.76. The molecule has 2 aliphatic heterocycles. The number of fused-ring (bicyclic) bond motifs is 2. The highest BCUT2D eigenvalue weighted by atomic mass is 32.2. The Morgan fingerprint density at radius 2 is 1.12 bits per heavy atom. The molecule has 2 heterocycles. The first-order valence-electron chi connectivity index (χ1n) is 13.5. The Balaban J connectivity index is 1.58. The second-order valence-electron chi connectivity index (χ2n) is 11.8. The smallest absolute Gasteiger partial charge is 0.347 e. The van der Waals surface area contributed by atoms with Gasteiger partial charge in [-0.25, -0.2) is 0 Å². The lowest BCUT2D eigenvalue weighted by Crippen LogP contribution is -2.23. The Kier molecular flexibility index (Phi) is 6.88. The topological polar surface area (TPSA) is 53.0 Å². The maximum atomic E-state index is 13.4. The summed E-state index contributed by atoms with van der Waals surface area (Å²) in [5.74, 6) is 0. The Morgan fingerprint density at radius 3 is 1.49 bits per heavy atom. The van der Waals surface area contributed by atoms with Crippen LogP contribution >= 0.6 is 0 Å². The lowest BCUT2D eigenvalue weighted by atomic mass is 9.83. The summed E-state index contributed by atoms with van der Waals surface area (Å²) in [6, 6.07) is 16.1. The number of rotatable bonds is 3. The molecule has 0 atom stereocenters. The Bertz CT molecular complexity index is 1580. The minimum Gasteiger partial charge on any atom is -0.347 e. The number of halogens is 3. The molecule has 2 aromatic carbocycles. The highest BCUT2D eigenvalue weighted by Gasteiger charge is 2.47. The van der Waals surface area contributed by atoms with Gasteiger partial charge < -0.3 is 9.80 Å². The van der Waals surface area contributed by atoms with Crippen molar-refractivity contribution in [2.75, 3.05) is 23.9 Å². The van der Waals surface area contributed by atoms with E-state index in [0.29, 0.717) is 24.0 Å². The van der Waals surface area contributed by atoms with E-state index in [1.807, 2.05) is 62.6 Å². The summed E-state index contributed by atoms with van der Waals surface area (Å²) in [5.41, 5.74) is 0.912. The highest BCUT2D eigenvalue weighted by Crippen LogP contribution is 2.48. The van der Waals surface area contributed by atoms with E-state index in [1.54, 1.807) is 12.2 Å². The summed E-state index contributed by atoms with van der Waals surface area (Å²) in [7, 11) is -1.83. The number of alkyl halides is 3. The van der Waals surface area contributed by atoms with Crippen LogP contribution in [0.1, 0.15) is 51.7 Å². The van der Waals surface area contributed by atoms with Crippen molar-refractivity contribution in [3.63, 3.8) is 0 Å². The third-order valence-corrected chi connectivity index (χ3v) is 9.55. The number of benzene rings is 2. The van der Waals surface area contributed by atoms with Crippen molar-refractivity contribution in [1.29, 1.82) is 0 Å².